The average Bonchev–Trinajstić information content (AvgIpc) is 2.78. The number of nitrogen functional groups attached to an aromatic ring is 1. The number of benzene rings is 2. The molecule has 0 spiro atoms. The van der Waals surface area contributed by atoms with Gasteiger partial charge in [0.2, 0.25) is 5.88 Å². The highest BCUT2D eigenvalue weighted by Crippen LogP contribution is 2.39. The van der Waals surface area contributed by atoms with Crippen LogP contribution in [0.25, 0.3) is 22.0 Å². The first kappa shape index (κ1) is 20.7. The summed E-state index contributed by atoms with van der Waals surface area (Å²) in [5.74, 6) is -0.853. The lowest BCUT2D eigenvalue weighted by Crippen LogP contribution is -2.08. The standard InChI is InChI=1S/C21H16ClF2N5O2/c1-10(14-7-27-16(30-2)8-26-14)31-15-6-4-12(20-17(15)21(25)29-9-28-20)11-3-5-13(23)18(22)19(11)24/h3-10H,1-2H3,(H2,25,28,29)/t10-/m0/s1. The number of nitrogens with zero attached hydrogens (tertiary/aromatic N) is 4. The molecule has 0 unspecified atom stereocenters. The molecule has 0 aliphatic carbocycles. The summed E-state index contributed by atoms with van der Waals surface area (Å²) in [7, 11) is 1.50. The molecule has 1 atom stereocenters. The third kappa shape index (κ3) is 3.79. The molecule has 0 amide bonds. The van der Waals surface area contributed by atoms with E-state index >= 15 is 0 Å². The molecular formula is C21H16ClF2N5O2. The Labute approximate surface area is 180 Å². The van der Waals surface area contributed by atoms with Crippen LogP contribution in [0.2, 0.25) is 5.02 Å². The largest absolute Gasteiger partial charge is 0.484 e. The fraction of sp³-hybridized carbons (Fsp3) is 0.143. The number of methoxy groups -OCH3 is 1. The fourth-order valence-electron chi connectivity index (χ4n) is 3.11. The van der Waals surface area contributed by atoms with Gasteiger partial charge in [-0.05, 0) is 31.2 Å². The van der Waals surface area contributed by atoms with Crippen molar-refractivity contribution in [1.29, 1.82) is 0 Å². The Bertz CT molecular complexity index is 1270. The van der Waals surface area contributed by atoms with Gasteiger partial charge in [-0.25, -0.2) is 23.7 Å². The number of fused-ring (bicyclic) bond motifs is 1. The molecule has 0 saturated carbocycles. The van der Waals surface area contributed by atoms with E-state index < -0.39 is 22.8 Å². The lowest BCUT2D eigenvalue weighted by atomic mass is 10.0. The summed E-state index contributed by atoms with van der Waals surface area (Å²) < 4.78 is 39.3. The predicted octanol–water partition coefficient (Wildman–Crippen LogP) is 4.75. The Balaban J connectivity index is 1.80. The van der Waals surface area contributed by atoms with Gasteiger partial charge in [-0.3, -0.25) is 4.98 Å². The van der Waals surface area contributed by atoms with Crippen LogP contribution < -0.4 is 15.2 Å². The van der Waals surface area contributed by atoms with Crippen LogP contribution in [0.5, 0.6) is 11.6 Å². The number of aromatic nitrogens is 4. The SMILES string of the molecule is COc1cnc([C@H](C)Oc2ccc(-c3ccc(F)c(Cl)c3F)c3ncnc(N)c23)cn1. The minimum absolute atomic E-state index is 0.0788. The van der Waals surface area contributed by atoms with E-state index in [1.165, 1.54) is 31.9 Å². The number of anilines is 1. The smallest absolute Gasteiger partial charge is 0.231 e. The fourth-order valence-corrected chi connectivity index (χ4v) is 3.27. The molecule has 4 aromatic rings. The van der Waals surface area contributed by atoms with Gasteiger partial charge in [0.1, 0.15) is 34.8 Å². The first-order chi connectivity index (χ1) is 14.9. The summed E-state index contributed by atoms with van der Waals surface area (Å²) in [6, 6.07) is 5.59. The molecule has 0 saturated heterocycles. The van der Waals surface area contributed by atoms with E-state index in [0.717, 1.165) is 6.07 Å². The van der Waals surface area contributed by atoms with Gasteiger partial charge < -0.3 is 15.2 Å². The second kappa shape index (κ2) is 8.27. The monoisotopic (exact) mass is 443 g/mol. The lowest BCUT2D eigenvalue weighted by molar-refractivity contribution is 0.224. The Morgan fingerprint density at radius 2 is 1.77 bits per heavy atom. The molecule has 0 aliphatic rings. The van der Waals surface area contributed by atoms with Crippen molar-refractivity contribution in [2.24, 2.45) is 0 Å². The molecular weight excluding hydrogens is 428 g/mol. The van der Waals surface area contributed by atoms with E-state index in [0.29, 0.717) is 33.8 Å². The van der Waals surface area contributed by atoms with Gasteiger partial charge in [0.05, 0.1) is 36.1 Å². The zero-order valence-electron chi connectivity index (χ0n) is 16.4. The van der Waals surface area contributed by atoms with E-state index in [9.17, 15) is 8.78 Å². The highest BCUT2D eigenvalue weighted by Gasteiger charge is 2.20. The highest BCUT2D eigenvalue weighted by molar-refractivity contribution is 6.31. The summed E-state index contributed by atoms with van der Waals surface area (Å²) in [6.07, 6.45) is 3.78. The van der Waals surface area contributed by atoms with E-state index in [-0.39, 0.29) is 11.4 Å². The molecule has 0 bridgehead atoms. The maximum atomic E-state index is 14.7. The average molecular weight is 444 g/mol. The molecule has 2 N–H and O–H groups in total. The summed E-state index contributed by atoms with van der Waals surface area (Å²) in [4.78, 5) is 16.7. The topological polar surface area (TPSA) is 96.0 Å². The van der Waals surface area contributed by atoms with Crippen LogP contribution in [0.1, 0.15) is 18.7 Å². The molecule has 2 aromatic heterocycles. The molecule has 4 rings (SSSR count). The molecule has 31 heavy (non-hydrogen) atoms. The molecule has 2 aromatic carbocycles. The quantitative estimate of drug-likeness (QED) is 0.444. The zero-order chi connectivity index (χ0) is 22.1. The van der Waals surface area contributed by atoms with Crippen molar-refractivity contribution >= 4 is 28.3 Å². The van der Waals surface area contributed by atoms with Crippen LogP contribution >= 0.6 is 11.6 Å². The Kier molecular flexibility index (Phi) is 5.51. The maximum absolute atomic E-state index is 14.7. The summed E-state index contributed by atoms with van der Waals surface area (Å²) >= 11 is 5.75. The van der Waals surface area contributed by atoms with Crippen LogP contribution in [0.3, 0.4) is 0 Å². The van der Waals surface area contributed by atoms with Gasteiger partial charge in [-0.1, -0.05) is 11.6 Å². The van der Waals surface area contributed by atoms with E-state index in [2.05, 4.69) is 19.9 Å². The number of hydrogen-bond acceptors (Lipinski definition) is 7. The van der Waals surface area contributed by atoms with Crippen LogP contribution in [-0.4, -0.2) is 27.0 Å². The number of ether oxygens (including phenoxy) is 2. The molecule has 0 aliphatic heterocycles. The molecule has 7 nitrogen and oxygen atoms in total. The van der Waals surface area contributed by atoms with Crippen molar-refractivity contribution in [1.82, 2.24) is 19.9 Å². The second-order valence-electron chi connectivity index (χ2n) is 6.56. The van der Waals surface area contributed by atoms with Crippen molar-refractivity contribution in [3.05, 3.63) is 65.3 Å². The van der Waals surface area contributed by atoms with E-state index in [1.807, 2.05) is 0 Å². The minimum atomic E-state index is -0.893. The van der Waals surface area contributed by atoms with Gasteiger partial charge in [-0.2, -0.15) is 0 Å². The Morgan fingerprint density at radius 1 is 1.00 bits per heavy atom. The Hall–Kier alpha value is -3.59. The van der Waals surface area contributed by atoms with E-state index in [4.69, 9.17) is 26.8 Å². The van der Waals surface area contributed by atoms with Crippen molar-refractivity contribution in [3.8, 4) is 22.8 Å². The molecule has 0 radical (unpaired) electrons. The van der Waals surface area contributed by atoms with Crippen LogP contribution in [0, 0.1) is 11.6 Å². The van der Waals surface area contributed by atoms with Gasteiger partial charge in [0.15, 0.2) is 5.82 Å². The Morgan fingerprint density at radius 3 is 2.48 bits per heavy atom. The van der Waals surface area contributed by atoms with Crippen molar-refractivity contribution in [3.63, 3.8) is 0 Å². The van der Waals surface area contributed by atoms with Gasteiger partial charge >= 0.3 is 0 Å². The lowest BCUT2D eigenvalue weighted by Gasteiger charge is -2.18. The van der Waals surface area contributed by atoms with Crippen molar-refractivity contribution in [2.45, 2.75) is 13.0 Å². The first-order valence-electron chi connectivity index (χ1n) is 9.10. The summed E-state index contributed by atoms with van der Waals surface area (Å²) in [5, 5.41) is -0.215. The minimum Gasteiger partial charge on any atom is -0.484 e. The van der Waals surface area contributed by atoms with Gasteiger partial charge in [0, 0.05) is 11.1 Å². The van der Waals surface area contributed by atoms with Gasteiger partial charge in [-0.15, -0.1) is 0 Å². The number of nitrogens with two attached hydrogens (primary N) is 1. The zero-order valence-corrected chi connectivity index (χ0v) is 17.2. The number of halogens is 3. The summed E-state index contributed by atoms with van der Waals surface area (Å²) in [6.45, 7) is 1.79. The number of hydrogen-bond donors (Lipinski definition) is 1. The summed E-state index contributed by atoms with van der Waals surface area (Å²) in [5.41, 5.74) is 7.43. The predicted molar refractivity (Wildman–Crippen MR) is 112 cm³/mol. The van der Waals surface area contributed by atoms with Crippen molar-refractivity contribution < 1.29 is 18.3 Å². The first-order valence-corrected chi connectivity index (χ1v) is 9.48. The number of rotatable bonds is 5. The second-order valence-corrected chi connectivity index (χ2v) is 6.94. The normalized spacial score (nSPS) is 12.0. The van der Waals surface area contributed by atoms with Crippen LogP contribution in [-0.2, 0) is 0 Å². The van der Waals surface area contributed by atoms with Crippen molar-refractivity contribution in [2.75, 3.05) is 12.8 Å². The third-order valence-electron chi connectivity index (χ3n) is 4.68. The maximum Gasteiger partial charge on any atom is 0.231 e. The van der Waals surface area contributed by atoms with Crippen LogP contribution in [0.15, 0.2) is 43.0 Å². The third-order valence-corrected chi connectivity index (χ3v) is 5.03. The van der Waals surface area contributed by atoms with Gasteiger partial charge in [0.25, 0.3) is 0 Å². The van der Waals surface area contributed by atoms with E-state index in [1.54, 1.807) is 19.1 Å². The molecule has 2 heterocycles. The molecule has 0 fully saturated rings. The van der Waals surface area contributed by atoms with Crippen LogP contribution in [0.4, 0.5) is 14.6 Å². The molecule has 158 valence electrons. The molecule has 10 heteroatoms. The highest BCUT2D eigenvalue weighted by atomic mass is 35.5.